The highest BCUT2D eigenvalue weighted by molar-refractivity contribution is 7.17. The predicted molar refractivity (Wildman–Crippen MR) is 151 cm³/mol. The van der Waals surface area contributed by atoms with Gasteiger partial charge in [-0.1, -0.05) is 6.07 Å². The number of nitrogens with one attached hydrogen (secondary N) is 1. The van der Waals surface area contributed by atoms with Gasteiger partial charge >= 0.3 is 0 Å². The van der Waals surface area contributed by atoms with Gasteiger partial charge in [0.2, 0.25) is 0 Å². The number of hydrogen-bond donors (Lipinski definition) is 1. The average molecular weight is 530 g/mol. The third-order valence-electron chi connectivity index (χ3n) is 6.54. The summed E-state index contributed by atoms with van der Waals surface area (Å²) in [6, 6.07) is 21.2. The van der Waals surface area contributed by atoms with Crippen LogP contribution < -0.4 is 19.5 Å². The lowest BCUT2D eigenvalue weighted by Crippen LogP contribution is -2.32. The maximum absolute atomic E-state index is 12.7. The van der Waals surface area contributed by atoms with Crippen molar-refractivity contribution in [3.8, 4) is 27.8 Å². The molecule has 1 N–H and O–H groups in total. The zero-order valence-electron chi connectivity index (χ0n) is 21.6. The number of aromatic nitrogens is 1. The molecule has 1 aliphatic heterocycles. The number of carbonyl (C=O) groups excluding carboxylic acids is 1. The summed E-state index contributed by atoms with van der Waals surface area (Å²) in [6.07, 6.45) is 3.68. The minimum Gasteiger partial charge on any atom is -0.494 e. The molecule has 0 saturated carbocycles. The number of carbonyl (C=O) groups is 1. The second-order valence-corrected chi connectivity index (χ2v) is 10.1. The molecule has 7 nitrogen and oxygen atoms in total. The van der Waals surface area contributed by atoms with Gasteiger partial charge in [-0.3, -0.25) is 14.7 Å². The largest absolute Gasteiger partial charge is 0.494 e. The molecule has 38 heavy (non-hydrogen) atoms. The van der Waals surface area contributed by atoms with Crippen LogP contribution in [0.5, 0.6) is 17.2 Å². The Hall–Kier alpha value is -3.88. The van der Waals surface area contributed by atoms with Gasteiger partial charge in [-0.05, 0) is 84.6 Å². The van der Waals surface area contributed by atoms with E-state index in [-0.39, 0.29) is 5.91 Å². The lowest BCUT2D eigenvalue weighted by atomic mass is 9.98. The summed E-state index contributed by atoms with van der Waals surface area (Å²) in [5.41, 5.74) is 4.22. The van der Waals surface area contributed by atoms with Crippen LogP contribution in [0.15, 0.2) is 72.9 Å². The number of nitrogens with zero attached hydrogens (tertiary/aromatic N) is 2. The van der Waals surface area contributed by atoms with Crippen LogP contribution in [-0.2, 0) is 13.0 Å². The van der Waals surface area contributed by atoms with Crippen molar-refractivity contribution in [3.05, 3.63) is 88.9 Å². The van der Waals surface area contributed by atoms with Crippen LogP contribution in [0.2, 0.25) is 0 Å². The molecule has 5 rings (SSSR count). The van der Waals surface area contributed by atoms with Gasteiger partial charge in [0.1, 0.15) is 5.75 Å². The Morgan fingerprint density at radius 1 is 1.00 bits per heavy atom. The average Bonchev–Trinajstić information content (AvgIpc) is 3.46. The number of rotatable bonds is 10. The van der Waals surface area contributed by atoms with E-state index in [4.69, 9.17) is 14.2 Å². The van der Waals surface area contributed by atoms with Crippen molar-refractivity contribution in [2.75, 3.05) is 39.2 Å². The Balaban J connectivity index is 1.07. The van der Waals surface area contributed by atoms with Crippen molar-refractivity contribution in [1.82, 2.24) is 9.88 Å². The van der Waals surface area contributed by atoms with Gasteiger partial charge in [-0.2, -0.15) is 0 Å². The number of hydrogen-bond acceptors (Lipinski definition) is 7. The molecular weight excluding hydrogens is 498 g/mol. The SMILES string of the molecule is COc1cc2c(cc1OC)CN(CCCOc1ccc(NC(=O)c3ccc(-c4ccccn4)s3)cc1)CC2. The van der Waals surface area contributed by atoms with Crippen molar-refractivity contribution >= 4 is 22.9 Å². The summed E-state index contributed by atoms with van der Waals surface area (Å²) in [7, 11) is 3.35. The molecule has 0 aliphatic carbocycles. The fourth-order valence-electron chi connectivity index (χ4n) is 4.54. The van der Waals surface area contributed by atoms with Crippen LogP contribution >= 0.6 is 11.3 Å². The first-order chi connectivity index (χ1) is 18.6. The first-order valence-electron chi connectivity index (χ1n) is 12.6. The van der Waals surface area contributed by atoms with E-state index < -0.39 is 0 Å². The van der Waals surface area contributed by atoms with Gasteiger partial charge in [-0.25, -0.2) is 0 Å². The number of pyridine rings is 1. The van der Waals surface area contributed by atoms with Gasteiger partial charge in [0.05, 0.1) is 36.3 Å². The molecule has 0 bridgehead atoms. The van der Waals surface area contributed by atoms with Gasteiger partial charge in [-0.15, -0.1) is 11.3 Å². The van der Waals surface area contributed by atoms with E-state index in [0.717, 1.165) is 66.0 Å². The maximum Gasteiger partial charge on any atom is 0.265 e. The summed E-state index contributed by atoms with van der Waals surface area (Å²) >= 11 is 1.43. The minimum absolute atomic E-state index is 0.134. The summed E-state index contributed by atoms with van der Waals surface area (Å²) in [6.45, 7) is 3.51. The Morgan fingerprint density at radius 2 is 1.79 bits per heavy atom. The molecule has 0 saturated heterocycles. The molecule has 0 fully saturated rings. The van der Waals surface area contributed by atoms with E-state index in [1.807, 2.05) is 54.6 Å². The van der Waals surface area contributed by atoms with Crippen molar-refractivity contribution in [2.45, 2.75) is 19.4 Å². The molecule has 2 aromatic carbocycles. The van der Waals surface area contributed by atoms with Crippen LogP contribution in [0.3, 0.4) is 0 Å². The van der Waals surface area contributed by atoms with E-state index in [1.165, 1.54) is 22.5 Å². The molecule has 4 aromatic rings. The van der Waals surface area contributed by atoms with Gasteiger partial charge in [0.25, 0.3) is 5.91 Å². The number of benzene rings is 2. The van der Waals surface area contributed by atoms with E-state index in [0.29, 0.717) is 11.5 Å². The molecule has 0 unspecified atom stereocenters. The highest BCUT2D eigenvalue weighted by Crippen LogP contribution is 2.33. The van der Waals surface area contributed by atoms with Crippen molar-refractivity contribution in [3.63, 3.8) is 0 Å². The van der Waals surface area contributed by atoms with Crippen LogP contribution in [0.25, 0.3) is 10.6 Å². The minimum atomic E-state index is -0.134. The predicted octanol–water partition coefficient (Wildman–Crippen LogP) is 5.91. The molecule has 0 spiro atoms. The highest BCUT2D eigenvalue weighted by atomic mass is 32.1. The molecule has 0 radical (unpaired) electrons. The smallest absolute Gasteiger partial charge is 0.265 e. The standard InChI is InChI=1S/C30H31N3O4S/c1-35-26-18-21-13-16-33(20-22(21)19-27(26)36-2)15-5-17-37-24-9-7-23(8-10-24)32-30(34)29-12-11-28(38-29)25-6-3-4-14-31-25/h3-4,6-12,14,18-19H,5,13,15-17,20H2,1-2H3,(H,32,34). The van der Waals surface area contributed by atoms with Gasteiger partial charge in [0, 0.05) is 31.5 Å². The van der Waals surface area contributed by atoms with Crippen molar-refractivity contribution < 1.29 is 19.0 Å². The Morgan fingerprint density at radius 3 is 2.53 bits per heavy atom. The van der Waals surface area contributed by atoms with E-state index in [2.05, 4.69) is 27.3 Å². The Kier molecular flexibility index (Phi) is 8.21. The normalized spacial score (nSPS) is 13.0. The molecule has 2 aromatic heterocycles. The molecular formula is C30H31N3O4S. The second-order valence-electron chi connectivity index (χ2n) is 9.06. The number of thiophene rings is 1. The van der Waals surface area contributed by atoms with Gasteiger partial charge in [0.15, 0.2) is 11.5 Å². The van der Waals surface area contributed by atoms with E-state index in [9.17, 15) is 4.79 Å². The summed E-state index contributed by atoms with van der Waals surface area (Å²) in [4.78, 5) is 21.1. The number of fused-ring (bicyclic) bond motifs is 1. The quantitative estimate of drug-likeness (QED) is 0.258. The van der Waals surface area contributed by atoms with Crippen LogP contribution in [0.1, 0.15) is 27.2 Å². The number of amides is 1. The Bertz CT molecular complexity index is 1370. The zero-order chi connectivity index (χ0) is 26.3. The second kappa shape index (κ2) is 12.1. The van der Waals surface area contributed by atoms with E-state index >= 15 is 0 Å². The van der Waals surface area contributed by atoms with E-state index in [1.54, 1.807) is 20.4 Å². The molecule has 196 valence electrons. The monoisotopic (exact) mass is 529 g/mol. The van der Waals surface area contributed by atoms with Crippen LogP contribution in [0, 0.1) is 0 Å². The molecule has 0 atom stereocenters. The van der Waals surface area contributed by atoms with Crippen LogP contribution in [-0.4, -0.2) is 49.7 Å². The summed E-state index contributed by atoms with van der Waals surface area (Å²) in [5.74, 6) is 2.23. The molecule has 1 aliphatic rings. The number of methoxy groups -OCH3 is 2. The molecule has 8 heteroatoms. The lowest BCUT2D eigenvalue weighted by molar-refractivity contribution is 0.103. The third kappa shape index (κ3) is 6.15. The molecule has 3 heterocycles. The lowest BCUT2D eigenvalue weighted by Gasteiger charge is -2.29. The third-order valence-corrected chi connectivity index (χ3v) is 7.65. The van der Waals surface area contributed by atoms with Crippen molar-refractivity contribution in [2.24, 2.45) is 0 Å². The zero-order valence-corrected chi connectivity index (χ0v) is 22.4. The topological polar surface area (TPSA) is 72.9 Å². The fourth-order valence-corrected chi connectivity index (χ4v) is 5.42. The number of ether oxygens (including phenoxy) is 3. The first kappa shape index (κ1) is 25.8. The summed E-state index contributed by atoms with van der Waals surface area (Å²) in [5, 5.41) is 2.96. The fraction of sp³-hybridized carbons (Fsp3) is 0.267. The van der Waals surface area contributed by atoms with Gasteiger partial charge < -0.3 is 19.5 Å². The number of anilines is 1. The summed E-state index contributed by atoms with van der Waals surface area (Å²) < 4.78 is 16.9. The van der Waals surface area contributed by atoms with Crippen molar-refractivity contribution in [1.29, 1.82) is 0 Å². The highest BCUT2D eigenvalue weighted by Gasteiger charge is 2.19. The maximum atomic E-state index is 12.7. The van der Waals surface area contributed by atoms with Crippen LogP contribution in [0.4, 0.5) is 5.69 Å². The Labute approximate surface area is 227 Å². The molecule has 1 amide bonds. The first-order valence-corrected chi connectivity index (χ1v) is 13.5.